The minimum Gasteiger partial charge on any atom is -0.392 e. The Morgan fingerprint density at radius 3 is 2.50 bits per heavy atom. The van der Waals surface area contributed by atoms with Gasteiger partial charge in [-0.2, -0.15) is 5.26 Å². The summed E-state index contributed by atoms with van der Waals surface area (Å²) in [5.41, 5.74) is 2.51. The summed E-state index contributed by atoms with van der Waals surface area (Å²) < 4.78 is 0. The highest BCUT2D eigenvalue weighted by atomic mass is 16.3. The van der Waals surface area contributed by atoms with Gasteiger partial charge in [-0.1, -0.05) is 13.8 Å². The highest BCUT2D eigenvalue weighted by molar-refractivity contribution is 5.56. The van der Waals surface area contributed by atoms with E-state index in [2.05, 4.69) is 29.7 Å². The zero-order valence-electron chi connectivity index (χ0n) is 12.3. The molecule has 1 aliphatic heterocycles. The van der Waals surface area contributed by atoms with E-state index in [4.69, 9.17) is 5.26 Å². The lowest BCUT2D eigenvalue weighted by Gasteiger charge is -2.37. The van der Waals surface area contributed by atoms with Crippen molar-refractivity contribution in [2.24, 2.45) is 0 Å². The third-order valence-electron chi connectivity index (χ3n) is 3.63. The van der Waals surface area contributed by atoms with Crippen molar-refractivity contribution in [3.8, 4) is 6.07 Å². The highest BCUT2D eigenvalue weighted by Crippen LogP contribution is 2.23. The number of rotatable bonds is 4. The molecule has 4 heteroatoms. The molecule has 0 atom stereocenters. The Labute approximate surface area is 121 Å². The van der Waals surface area contributed by atoms with E-state index in [1.165, 1.54) is 5.92 Å². The van der Waals surface area contributed by atoms with E-state index in [1.807, 2.05) is 12.1 Å². The third-order valence-corrected chi connectivity index (χ3v) is 3.63. The van der Waals surface area contributed by atoms with E-state index in [0.29, 0.717) is 5.56 Å². The van der Waals surface area contributed by atoms with E-state index >= 15 is 0 Å². The van der Waals surface area contributed by atoms with Crippen molar-refractivity contribution >= 4 is 5.69 Å². The molecule has 1 N–H and O–H groups in total. The van der Waals surface area contributed by atoms with Gasteiger partial charge in [0.15, 0.2) is 0 Å². The molecule has 1 saturated heterocycles. The van der Waals surface area contributed by atoms with Crippen LogP contribution in [0.4, 0.5) is 5.69 Å². The van der Waals surface area contributed by atoms with Crippen LogP contribution in [-0.4, -0.2) is 42.7 Å². The van der Waals surface area contributed by atoms with Crippen LogP contribution in [-0.2, 0) is 6.61 Å². The summed E-state index contributed by atoms with van der Waals surface area (Å²) in [7, 11) is 0. The molecule has 0 aliphatic carbocycles. The molecule has 0 amide bonds. The normalized spacial score (nSPS) is 16.4. The summed E-state index contributed by atoms with van der Waals surface area (Å²) in [6, 6.07) is 7.68. The van der Waals surface area contributed by atoms with Crippen LogP contribution < -0.4 is 4.90 Å². The Hall–Kier alpha value is -1.57. The van der Waals surface area contributed by atoms with Gasteiger partial charge in [-0.05, 0) is 24.1 Å². The lowest BCUT2D eigenvalue weighted by Crippen LogP contribution is -2.47. The zero-order valence-corrected chi connectivity index (χ0v) is 12.3. The van der Waals surface area contributed by atoms with Crippen LogP contribution in [0, 0.1) is 17.2 Å². The number of hydrogen-bond acceptors (Lipinski definition) is 4. The lowest BCUT2D eigenvalue weighted by atomic mass is 10.1. The number of piperazine rings is 1. The predicted octanol–water partition coefficient (Wildman–Crippen LogP) is 1.79. The maximum atomic E-state index is 9.49. The second kappa shape index (κ2) is 6.74. The van der Waals surface area contributed by atoms with Gasteiger partial charge < -0.3 is 10.0 Å². The van der Waals surface area contributed by atoms with E-state index in [1.54, 1.807) is 6.07 Å². The summed E-state index contributed by atoms with van der Waals surface area (Å²) in [5, 5.41) is 18.4. The molecule has 0 saturated carbocycles. The van der Waals surface area contributed by atoms with Crippen LogP contribution in [0.1, 0.15) is 25.0 Å². The molecule has 1 aromatic carbocycles. The largest absolute Gasteiger partial charge is 0.392 e. The van der Waals surface area contributed by atoms with Gasteiger partial charge in [-0.15, -0.1) is 0 Å². The molecule has 1 aromatic rings. The molecule has 4 nitrogen and oxygen atoms in total. The van der Waals surface area contributed by atoms with Gasteiger partial charge in [0.25, 0.3) is 0 Å². The number of benzene rings is 1. The number of nitrogens with zero attached hydrogens (tertiary/aromatic N) is 3. The van der Waals surface area contributed by atoms with Gasteiger partial charge in [0.2, 0.25) is 0 Å². The van der Waals surface area contributed by atoms with Gasteiger partial charge in [-0.3, -0.25) is 4.90 Å². The smallest absolute Gasteiger partial charge is 0.0991 e. The molecule has 2 rings (SSSR count). The average Bonchev–Trinajstić information content (AvgIpc) is 2.47. The monoisotopic (exact) mass is 272 g/mol. The van der Waals surface area contributed by atoms with Crippen LogP contribution in [0.15, 0.2) is 18.2 Å². The number of aliphatic hydroxyl groups is 1. The van der Waals surface area contributed by atoms with Gasteiger partial charge in [0.05, 0.1) is 18.2 Å². The van der Waals surface area contributed by atoms with Crippen molar-refractivity contribution < 1.29 is 5.11 Å². The van der Waals surface area contributed by atoms with Crippen molar-refractivity contribution in [1.82, 2.24) is 4.90 Å². The number of nitriles is 1. The minimum absolute atomic E-state index is 0.0209. The van der Waals surface area contributed by atoms with Crippen molar-refractivity contribution in [1.29, 1.82) is 5.26 Å². The molecule has 1 aliphatic rings. The van der Waals surface area contributed by atoms with Gasteiger partial charge in [0.1, 0.15) is 0 Å². The Bertz CT molecular complexity index is 485. The van der Waals surface area contributed by atoms with Crippen molar-refractivity contribution in [3.63, 3.8) is 0 Å². The third kappa shape index (κ3) is 3.50. The summed E-state index contributed by atoms with van der Waals surface area (Å²) in [6.07, 6.45) is 0. The molecular formula is C16H22N3O. The summed E-state index contributed by atoms with van der Waals surface area (Å²) in [4.78, 5) is 4.75. The molecule has 0 aromatic heterocycles. The van der Waals surface area contributed by atoms with E-state index in [-0.39, 0.29) is 6.61 Å². The Balaban J connectivity index is 2.05. The topological polar surface area (TPSA) is 50.5 Å². The first-order valence-corrected chi connectivity index (χ1v) is 7.04. The molecule has 0 bridgehead atoms. The molecule has 20 heavy (non-hydrogen) atoms. The van der Waals surface area contributed by atoms with Gasteiger partial charge in [0, 0.05) is 44.0 Å². The predicted molar refractivity (Wildman–Crippen MR) is 80.3 cm³/mol. The molecule has 1 fully saturated rings. The van der Waals surface area contributed by atoms with Crippen LogP contribution in [0.2, 0.25) is 0 Å². The van der Waals surface area contributed by atoms with Crippen LogP contribution in [0.25, 0.3) is 0 Å². The average molecular weight is 272 g/mol. The highest BCUT2D eigenvalue weighted by Gasteiger charge is 2.19. The summed E-state index contributed by atoms with van der Waals surface area (Å²) >= 11 is 0. The molecule has 1 heterocycles. The SMILES string of the molecule is C[C](C)CN1CCN(c2ccc(C#N)cc2CO)CC1. The Kier molecular flexibility index (Phi) is 4.99. The maximum absolute atomic E-state index is 9.49. The molecular weight excluding hydrogens is 250 g/mol. The van der Waals surface area contributed by atoms with Crippen molar-refractivity contribution in [2.45, 2.75) is 20.5 Å². The molecule has 0 unspecified atom stereocenters. The number of aliphatic hydroxyl groups excluding tert-OH is 1. The quantitative estimate of drug-likeness (QED) is 0.908. The fourth-order valence-electron chi connectivity index (χ4n) is 2.68. The first-order valence-electron chi connectivity index (χ1n) is 7.04. The molecule has 1 radical (unpaired) electrons. The maximum Gasteiger partial charge on any atom is 0.0991 e. The minimum atomic E-state index is -0.0209. The molecule has 107 valence electrons. The summed E-state index contributed by atoms with van der Waals surface area (Å²) in [6.45, 7) is 9.37. The fraction of sp³-hybridized carbons (Fsp3) is 0.500. The van der Waals surface area contributed by atoms with E-state index < -0.39 is 0 Å². The number of hydrogen-bond donors (Lipinski definition) is 1. The van der Waals surface area contributed by atoms with Crippen molar-refractivity contribution in [3.05, 3.63) is 35.2 Å². The van der Waals surface area contributed by atoms with Gasteiger partial charge >= 0.3 is 0 Å². The van der Waals surface area contributed by atoms with E-state index in [0.717, 1.165) is 44.0 Å². The second-order valence-corrected chi connectivity index (χ2v) is 5.58. The van der Waals surface area contributed by atoms with Crippen LogP contribution >= 0.6 is 0 Å². The first-order chi connectivity index (χ1) is 9.63. The number of anilines is 1. The Morgan fingerprint density at radius 2 is 1.95 bits per heavy atom. The second-order valence-electron chi connectivity index (χ2n) is 5.58. The van der Waals surface area contributed by atoms with Crippen LogP contribution in [0.3, 0.4) is 0 Å². The van der Waals surface area contributed by atoms with Gasteiger partial charge in [-0.25, -0.2) is 0 Å². The zero-order chi connectivity index (χ0) is 14.5. The van der Waals surface area contributed by atoms with E-state index in [9.17, 15) is 5.11 Å². The first kappa shape index (κ1) is 14.8. The standard InChI is InChI=1S/C16H22N3O/c1-13(2)11-18-5-7-19(8-6-18)16-4-3-14(10-17)9-15(16)12-20/h3-4,9,20H,5-8,11-12H2,1-2H3. The fourth-order valence-corrected chi connectivity index (χ4v) is 2.68. The lowest BCUT2D eigenvalue weighted by molar-refractivity contribution is 0.264. The summed E-state index contributed by atoms with van der Waals surface area (Å²) in [5.74, 6) is 1.44. The van der Waals surface area contributed by atoms with Crippen molar-refractivity contribution in [2.75, 3.05) is 37.6 Å². The Morgan fingerprint density at radius 1 is 1.25 bits per heavy atom. The van der Waals surface area contributed by atoms with Crippen LogP contribution in [0.5, 0.6) is 0 Å². The molecule has 0 spiro atoms.